The van der Waals surface area contributed by atoms with Crippen molar-refractivity contribution in [3.8, 4) is 5.75 Å². The summed E-state index contributed by atoms with van der Waals surface area (Å²) in [5.74, 6) is 1.28. The summed E-state index contributed by atoms with van der Waals surface area (Å²) in [5.41, 5.74) is 4.07. The zero-order valence-corrected chi connectivity index (χ0v) is 20.6. The number of nitrogens with zero attached hydrogens (tertiary/aromatic N) is 1. The second-order valence-corrected chi connectivity index (χ2v) is 9.85. The molecule has 1 aromatic heterocycles. The summed E-state index contributed by atoms with van der Waals surface area (Å²) in [6.07, 6.45) is 7.65. The fraction of sp³-hybridized carbons (Fsp3) is 0.370. The molecule has 0 radical (unpaired) electrons. The van der Waals surface area contributed by atoms with Crippen LogP contribution in [-0.4, -0.2) is 4.98 Å². The smallest absolute Gasteiger partial charge is 0.148 e. The van der Waals surface area contributed by atoms with Crippen molar-refractivity contribution in [1.82, 2.24) is 4.98 Å². The molecule has 0 spiro atoms. The Balaban J connectivity index is 1.63. The van der Waals surface area contributed by atoms with Crippen LogP contribution in [0.4, 0.5) is 0 Å². The van der Waals surface area contributed by atoms with Gasteiger partial charge in [-0.2, -0.15) is 0 Å². The Bertz CT molecular complexity index is 1130. The highest BCUT2D eigenvalue weighted by molar-refractivity contribution is 6.42. The van der Waals surface area contributed by atoms with Crippen LogP contribution in [0.25, 0.3) is 0 Å². The first-order valence-electron chi connectivity index (χ1n) is 11.5. The molecule has 3 nitrogen and oxygen atoms in total. The normalized spacial score (nSPS) is 20.6. The zero-order valence-electron chi connectivity index (χ0n) is 18.3. The van der Waals surface area contributed by atoms with Gasteiger partial charge in [-0.3, -0.25) is 4.98 Å². The summed E-state index contributed by atoms with van der Waals surface area (Å²) in [6, 6.07) is 15.9. The average molecular weight is 503 g/mol. The van der Waals surface area contributed by atoms with E-state index >= 15 is 0 Å². The van der Waals surface area contributed by atoms with Gasteiger partial charge in [0.2, 0.25) is 0 Å². The van der Waals surface area contributed by atoms with Crippen molar-refractivity contribution >= 4 is 34.8 Å². The van der Waals surface area contributed by atoms with E-state index in [1.165, 1.54) is 19.3 Å². The average Bonchev–Trinajstić information content (AvgIpc) is 3.26. The van der Waals surface area contributed by atoms with Gasteiger partial charge < -0.3 is 9.47 Å². The van der Waals surface area contributed by atoms with E-state index in [4.69, 9.17) is 49.3 Å². The molecule has 3 aromatic rings. The monoisotopic (exact) mass is 501 g/mol. The number of pyridine rings is 1. The van der Waals surface area contributed by atoms with Crippen molar-refractivity contribution in [2.75, 3.05) is 0 Å². The summed E-state index contributed by atoms with van der Waals surface area (Å²) in [7, 11) is 0. The van der Waals surface area contributed by atoms with Gasteiger partial charge in [0.25, 0.3) is 0 Å². The SMILES string of the molecule is ClCc1ncc2c(c1OCc1ccccc1)COC2(c1cccc(Cl)c1Cl)C1CCCCC1. The van der Waals surface area contributed by atoms with Crippen molar-refractivity contribution in [3.05, 3.63) is 92.7 Å². The maximum Gasteiger partial charge on any atom is 0.148 e. The predicted octanol–water partition coefficient (Wildman–Crippen LogP) is 8.06. The molecule has 5 rings (SSSR count). The van der Waals surface area contributed by atoms with Crippen LogP contribution >= 0.6 is 34.8 Å². The molecule has 1 atom stereocenters. The largest absolute Gasteiger partial charge is 0.487 e. The molecule has 2 aromatic carbocycles. The summed E-state index contributed by atoms with van der Waals surface area (Å²) >= 11 is 19.6. The second kappa shape index (κ2) is 9.84. The molecule has 0 saturated heterocycles. The van der Waals surface area contributed by atoms with Crippen LogP contribution in [0.1, 0.15) is 60.1 Å². The number of hydrogen-bond acceptors (Lipinski definition) is 3. The highest BCUT2D eigenvalue weighted by Gasteiger charge is 2.51. The fourth-order valence-electron chi connectivity index (χ4n) is 5.38. The van der Waals surface area contributed by atoms with Crippen molar-refractivity contribution < 1.29 is 9.47 Å². The summed E-state index contributed by atoms with van der Waals surface area (Å²) in [4.78, 5) is 4.74. The minimum absolute atomic E-state index is 0.270. The van der Waals surface area contributed by atoms with E-state index < -0.39 is 5.60 Å². The van der Waals surface area contributed by atoms with E-state index in [0.29, 0.717) is 23.3 Å². The van der Waals surface area contributed by atoms with E-state index in [9.17, 15) is 0 Å². The Labute approximate surface area is 210 Å². The highest BCUT2D eigenvalue weighted by atomic mass is 35.5. The Kier molecular flexibility index (Phi) is 6.85. The van der Waals surface area contributed by atoms with Crippen LogP contribution < -0.4 is 4.74 Å². The lowest BCUT2D eigenvalue weighted by Crippen LogP contribution is -2.38. The molecule has 0 amide bonds. The van der Waals surface area contributed by atoms with Gasteiger partial charge in [-0.1, -0.05) is 84.9 Å². The van der Waals surface area contributed by atoms with E-state index in [-0.39, 0.29) is 11.8 Å². The standard InChI is InChI=1S/C27H26Cl3NO2/c28-14-24-26(32-16-18-8-3-1-4-9-18)20-17-33-27(22(20)15-31-24,19-10-5-2-6-11-19)21-12-7-13-23(29)25(21)30/h1,3-4,7-9,12-13,15,19H,2,5-6,10-11,14,16-17H2. The number of halogens is 3. The van der Waals surface area contributed by atoms with Gasteiger partial charge in [0.15, 0.2) is 0 Å². The third-order valence-corrected chi connectivity index (χ3v) is 8.01. The lowest BCUT2D eigenvalue weighted by atomic mass is 9.70. The number of rotatable bonds is 6. The minimum atomic E-state index is -0.694. The van der Waals surface area contributed by atoms with Gasteiger partial charge in [0.05, 0.1) is 28.2 Å². The maximum absolute atomic E-state index is 6.80. The third-order valence-electron chi connectivity index (χ3n) is 6.94. The first-order chi connectivity index (χ1) is 16.1. The number of benzene rings is 2. The number of ether oxygens (including phenoxy) is 2. The first-order valence-corrected chi connectivity index (χ1v) is 12.8. The molecule has 6 heteroatoms. The Morgan fingerprint density at radius 2 is 1.76 bits per heavy atom. The van der Waals surface area contributed by atoms with Gasteiger partial charge in [0.1, 0.15) is 18.0 Å². The lowest BCUT2D eigenvalue weighted by molar-refractivity contribution is -0.0608. The second-order valence-electron chi connectivity index (χ2n) is 8.79. The number of hydrogen-bond donors (Lipinski definition) is 0. The summed E-state index contributed by atoms with van der Waals surface area (Å²) in [6.45, 7) is 0.864. The van der Waals surface area contributed by atoms with Crippen LogP contribution in [0, 0.1) is 5.92 Å². The highest BCUT2D eigenvalue weighted by Crippen LogP contribution is 2.55. The van der Waals surface area contributed by atoms with Crippen LogP contribution in [0.2, 0.25) is 10.0 Å². The molecule has 1 fully saturated rings. The lowest BCUT2D eigenvalue weighted by Gasteiger charge is -2.40. The number of alkyl halides is 1. The molecule has 0 bridgehead atoms. The van der Waals surface area contributed by atoms with Gasteiger partial charge in [-0.25, -0.2) is 0 Å². The van der Waals surface area contributed by atoms with Crippen molar-refractivity contribution in [3.63, 3.8) is 0 Å². The molecule has 2 aliphatic rings. The summed E-state index contributed by atoms with van der Waals surface area (Å²) in [5, 5.41) is 1.08. The predicted molar refractivity (Wildman–Crippen MR) is 133 cm³/mol. The third kappa shape index (κ3) is 4.14. The fourth-order valence-corrected chi connectivity index (χ4v) is 6.01. The van der Waals surface area contributed by atoms with Crippen LogP contribution in [0.3, 0.4) is 0 Å². The molecule has 172 valence electrons. The van der Waals surface area contributed by atoms with Crippen LogP contribution in [-0.2, 0) is 29.4 Å². The van der Waals surface area contributed by atoms with E-state index in [0.717, 1.165) is 46.5 Å². The van der Waals surface area contributed by atoms with Crippen molar-refractivity contribution in [2.24, 2.45) is 5.92 Å². The quantitative estimate of drug-likeness (QED) is 0.319. The van der Waals surface area contributed by atoms with Gasteiger partial charge in [0, 0.05) is 22.9 Å². The molecule has 2 heterocycles. The van der Waals surface area contributed by atoms with Crippen molar-refractivity contribution in [2.45, 2.75) is 56.8 Å². The topological polar surface area (TPSA) is 31.4 Å². The van der Waals surface area contributed by atoms with Gasteiger partial charge in [-0.05, 0) is 30.4 Å². The molecule has 1 unspecified atom stereocenters. The minimum Gasteiger partial charge on any atom is -0.487 e. The van der Waals surface area contributed by atoms with Gasteiger partial charge in [-0.15, -0.1) is 11.6 Å². The van der Waals surface area contributed by atoms with E-state index in [1.807, 2.05) is 54.7 Å². The molecular weight excluding hydrogens is 477 g/mol. The molecule has 1 aliphatic heterocycles. The molecular formula is C27H26Cl3NO2. The Morgan fingerprint density at radius 1 is 0.970 bits per heavy atom. The molecule has 33 heavy (non-hydrogen) atoms. The van der Waals surface area contributed by atoms with Crippen molar-refractivity contribution in [1.29, 1.82) is 0 Å². The number of aromatic nitrogens is 1. The van der Waals surface area contributed by atoms with E-state index in [2.05, 4.69) is 0 Å². The van der Waals surface area contributed by atoms with Crippen LogP contribution in [0.15, 0.2) is 54.7 Å². The molecule has 1 saturated carbocycles. The Morgan fingerprint density at radius 3 is 2.52 bits per heavy atom. The van der Waals surface area contributed by atoms with Gasteiger partial charge >= 0.3 is 0 Å². The molecule has 0 N–H and O–H groups in total. The van der Waals surface area contributed by atoms with Crippen LogP contribution in [0.5, 0.6) is 5.75 Å². The maximum atomic E-state index is 6.80. The number of fused-ring (bicyclic) bond motifs is 1. The first kappa shape index (κ1) is 23.0. The van der Waals surface area contributed by atoms with E-state index in [1.54, 1.807) is 0 Å². The zero-order chi connectivity index (χ0) is 22.8. The summed E-state index contributed by atoms with van der Waals surface area (Å²) < 4.78 is 13.1. The Hall–Kier alpha value is -1.78. The molecule has 1 aliphatic carbocycles.